The van der Waals surface area contributed by atoms with Gasteiger partial charge in [0, 0.05) is 17.8 Å². The second-order valence-corrected chi connectivity index (χ2v) is 5.81. The molecule has 0 saturated carbocycles. The standard InChI is InChI=1S/C14H15N3OS/c1-8-12(9(2)18-17-8)7-15-11-4-5-13-14(6-11)19-10(3)16-13/h4-6,15H,7H2,1-3H3. The van der Waals surface area contributed by atoms with E-state index in [2.05, 4.69) is 33.7 Å². The van der Waals surface area contributed by atoms with Crippen molar-refractivity contribution in [1.29, 1.82) is 0 Å². The summed E-state index contributed by atoms with van der Waals surface area (Å²) in [4.78, 5) is 4.46. The van der Waals surface area contributed by atoms with E-state index < -0.39 is 0 Å². The zero-order valence-corrected chi connectivity index (χ0v) is 12.0. The highest BCUT2D eigenvalue weighted by Crippen LogP contribution is 2.25. The highest BCUT2D eigenvalue weighted by atomic mass is 32.1. The third-order valence-electron chi connectivity index (χ3n) is 3.15. The maximum absolute atomic E-state index is 5.16. The fraction of sp³-hybridized carbons (Fsp3) is 0.286. The third kappa shape index (κ3) is 2.33. The van der Waals surface area contributed by atoms with Gasteiger partial charge in [-0.2, -0.15) is 0 Å². The first-order valence-corrected chi connectivity index (χ1v) is 6.98. The van der Waals surface area contributed by atoms with E-state index in [-0.39, 0.29) is 0 Å². The molecule has 98 valence electrons. The summed E-state index contributed by atoms with van der Waals surface area (Å²) < 4.78 is 6.37. The summed E-state index contributed by atoms with van der Waals surface area (Å²) in [5, 5.41) is 8.46. The Morgan fingerprint density at radius 2 is 2.11 bits per heavy atom. The number of anilines is 1. The summed E-state index contributed by atoms with van der Waals surface area (Å²) in [5.74, 6) is 0.875. The lowest BCUT2D eigenvalue weighted by Gasteiger charge is -2.05. The fourth-order valence-corrected chi connectivity index (χ4v) is 2.96. The number of aromatic nitrogens is 2. The molecule has 4 nitrogen and oxygen atoms in total. The number of thiazole rings is 1. The Bertz CT molecular complexity index is 710. The summed E-state index contributed by atoms with van der Waals surface area (Å²) in [7, 11) is 0. The number of hydrogen-bond acceptors (Lipinski definition) is 5. The van der Waals surface area contributed by atoms with Crippen LogP contribution in [0.1, 0.15) is 22.0 Å². The van der Waals surface area contributed by atoms with Crippen molar-refractivity contribution in [1.82, 2.24) is 10.1 Å². The minimum atomic E-state index is 0.727. The zero-order chi connectivity index (χ0) is 13.4. The van der Waals surface area contributed by atoms with Crippen molar-refractivity contribution in [2.45, 2.75) is 27.3 Å². The molecule has 2 heterocycles. The van der Waals surface area contributed by atoms with Crippen molar-refractivity contribution in [2.75, 3.05) is 5.32 Å². The first kappa shape index (κ1) is 12.2. The molecule has 0 unspecified atom stereocenters. The molecule has 3 rings (SSSR count). The van der Waals surface area contributed by atoms with E-state index >= 15 is 0 Å². The first-order chi connectivity index (χ1) is 9.13. The van der Waals surface area contributed by atoms with Crippen LogP contribution in [0.5, 0.6) is 0 Å². The molecule has 0 saturated heterocycles. The summed E-state index contributed by atoms with van der Waals surface area (Å²) in [5.41, 5.74) is 4.22. The number of hydrogen-bond donors (Lipinski definition) is 1. The van der Waals surface area contributed by atoms with Gasteiger partial charge >= 0.3 is 0 Å². The predicted molar refractivity (Wildman–Crippen MR) is 77.7 cm³/mol. The molecule has 0 aliphatic rings. The molecule has 1 N–H and O–H groups in total. The Morgan fingerprint density at radius 1 is 1.26 bits per heavy atom. The van der Waals surface area contributed by atoms with Crippen molar-refractivity contribution in [3.63, 3.8) is 0 Å². The number of aryl methyl sites for hydroxylation is 3. The van der Waals surface area contributed by atoms with E-state index in [1.54, 1.807) is 11.3 Å². The van der Waals surface area contributed by atoms with Gasteiger partial charge in [-0.25, -0.2) is 4.98 Å². The molecule has 3 aromatic rings. The summed E-state index contributed by atoms with van der Waals surface area (Å²) in [6.07, 6.45) is 0. The van der Waals surface area contributed by atoms with Crippen molar-refractivity contribution in [3.8, 4) is 0 Å². The van der Waals surface area contributed by atoms with E-state index in [0.29, 0.717) is 0 Å². The van der Waals surface area contributed by atoms with E-state index in [1.165, 1.54) is 4.70 Å². The van der Waals surface area contributed by atoms with Crippen LogP contribution in [-0.2, 0) is 6.54 Å². The SMILES string of the molecule is Cc1nc2ccc(NCc3c(C)noc3C)cc2s1. The molecule has 0 fully saturated rings. The molecule has 19 heavy (non-hydrogen) atoms. The maximum Gasteiger partial charge on any atom is 0.138 e. The van der Waals surface area contributed by atoms with Crippen LogP contribution in [0.3, 0.4) is 0 Å². The Hall–Kier alpha value is -1.88. The molecular weight excluding hydrogens is 258 g/mol. The van der Waals surface area contributed by atoms with E-state index in [0.717, 1.165) is 39.8 Å². The van der Waals surface area contributed by atoms with Crippen molar-refractivity contribution in [3.05, 3.63) is 40.2 Å². The second kappa shape index (κ2) is 4.66. The van der Waals surface area contributed by atoms with Crippen LogP contribution in [0.25, 0.3) is 10.2 Å². The van der Waals surface area contributed by atoms with Crippen LogP contribution in [-0.4, -0.2) is 10.1 Å². The highest BCUT2D eigenvalue weighted by molar-refractivity contribution is 7.18. The summed E-state index contributed by atoms with van der Waals surface area (Å²) >= 11 is 1.71. The number of rotatable bonds is 3. The van der Waals surface area contributed by atoms with Crippen LogP contribution in [0.4, 0.5) is 5.69 Å². The van der Waals surface area contributed by atoms with Gasteiger partial charge in [0.15, 0.2) is 0 Å². The summed E-state index contributed by atoms with van der Waals surface area (Å²) in [6, 6.07) is 6.24. The van der Waals surface area contributed by atoms with Gasteiger partial charge in [0.25, 0.3) is 0 Å². The smallest absolute Gasteiger partial charge is 0.138 e. The Kier molecular flexibility index (Phi) is 2.98. The van der Waals surface area contributed by atoms with Gasteiger partial charge in [-0.05, 0) is 39.0 Å². The Balaban J connectivity index is 1.81. The molecule has 1 aromatic carbocycles. The monoisotopic (exact) mass is 273 g/mol. The van der Waals surface area contributed by atoms with Crippen LogP contribution in [0, 0.1) is 20.8 Å². The molecule has 2 aromatic heterocycles. The molecule has 5 heteroatoms. The largest absolute Gasteiger partial charge is 0.381 e. The van der Waals surface area contributed by atoms with Crippen LogP contribution in [0.15, 0.2) is 22.7 Å². The van der Waals surface area contributed by atoms with Crippen LogP contribution >= 0.6 is 11.3 Å². The fourth-order valence-electron chi connectivity index (χ4n) is 2.09. The Labute approximate surface area is 115 Å². The van der Waals surface area contributed by atoms with Gasteiger partial charge < -0.3 is 9.84 Å². The van der Waals surface area contributed by atoms with Gasteiger partial charge in [0.1, 0.15) is 5.76 Å². The lowest BCUT2D eigenvalue weighted by molar-refractivity contribution is 0.392. The minimum Gasteiger partial charge on any atom is -0.381 e. The molecule has 0 atom stereocenters. The van der Waals surface area contributed by atoms with Gasteiger partial charge in [-0.1, -0.05) is 5.16 Å². The van der Waals surface area contributed by atoms with Gasteiger partial charge in [-0.3, -0.25) is 0 Å². The molecular formula is C14H15N3OS. The second-order valence-electron chi connectivity index (χ2n) is 4.57. The number of benzene rings is 1. The number of nitrogens with one attached hydrogen (secondary N) is 1. The van der Waals surface area contributed by atoms with Crippen molar-refractivity contribution in [2.24, 2.45) is 0 Å². The van der Waals surface area contributed by atoms with E-state index in [9.17, 15) is 0 Å². The van der Waals surface area contributed by atoms with E-state index in [4.69, 9.17) is 4.52 Å². The molecule has 0 spiro atoms. The molecule has 0 radical (unpaired) electrons. The topological polar surface area (TPSA) is 51.0 Å². The molecule has 0 amide bonds. The van der Waals surface area contributed by atoms with Crippen LogP contribution in [0.2, 0.25) is 0 Å². The highest BCUT2D eigenvalue weighted by Gasteiger charge is 2.08. The van der Waals surface area contributed by atoms with Gasteiger partial charge in [-0.15, -0.1) is 11.3 Å². The average Bonchev–Trinajstić information content (AvgIpc) is 2.89. The third-order valence-corrected chi connectivity index (χ3v) is 4.08. The lowest BCUT2D eigenvalue weighted by Crippen LogP contribution is -2.01. The van der Waals surface area contributed by atoms with E-state index in [1.807, 2.05) is 20.8 Å². The zero-order valence-electron chi connectivity index (χ0n) is 11.2. The van der Waals surface area contributed by atoms with Gasteiger partial charge in [0.2, 0.25) is 0 Å². The van der Waals surface area contributed by atoms with Gasteiger partial charge in [0.05, 0.1) is 20.9 Å². The minimum absolute atomic E-state index is 0.727. The molecule has 0 aliphatic carbocycles. The normalized spacial score (nSPS) is 11.1. The average molecular weight is 273 g/mol. The predicted octanol–water partition coefficient (Wildman–Crippen LogP) is 3.82. The molecule has 0 bridgehead atoms. The number of fused-ring (bicyclic) bond motifs is 1. The van der Waals surface area contributed by atoms with Crippen LogP contribution < -0.4 is 5.32 Å². The molecule has 0 aliphatic heterocycles. The van der Waals surface area contributed by atoms with Crippen molar-refractivity contribution >= 4 is 27.2 Å². The first-order valence-electron chi connectivity index (χ1n) is 6.16. The van der Waals surface area contributed by atoms with Crippen molar-refractivity contribution < 1.29 is 4.52 Å². The lowest BCUT2D eigenvalue weighted by atomic mass is 10.2. The number of nitrogens with zero attached hydrogens (tertiary/aromatic N) is 2. The quantitative estimate of drug-likeness (QED) is 0.788. The Morgan fingerprint density at radius 3 is 2.84 bits per heavy atom. The summed E-state index contributed by atoms with van der Waals surface area (Å²) in [6.45, 7) is 6.65. The maximum atomic E-state index is 5.16.